The zero-order valence-electron chi connectivity index (χ0n) is 7.90. The van der Waals surface area contributed by atoms with E-state index in [-0.39, 0.29) is 11.2 Å². The Kier molecular flexibility index (Phi) is 5.08. The van der Waals surface area contributed by atoms with Gasteiger partial charge in [0.05, 0.1) is 4.83 Å². The predicted molar refractivity (Wildman–Crippen MR) is 57.8 cm³/mol. The minimum atomic E-state index is -1.24. The molecule has 14 heavy (non-hydrogen) atoms. The van der Waals surface area contributed by atoms with Crippen LogP contribution < -0.4 is 0 Å². The molecule has 0 fully saturated rings. The van der Waals surface area contributed by atoms with Gasteiger partial charge in [-0.1, -0.05) is 15.9 Å². The quantitative estimate of drug-likeness (QED) is 0.268. The average molecular weight is 263 g/mol. The topological polar surface area (TPSA) is 80.9 Å². The smallest absolute Gasteiger partial charge is 0.162 e. The minimum Gasteiger partial charge on any atom is -0.512 e. The second-order valence-electron chi connectivity index (χ2n) is 2.82. The van der Waals surface area contributed by atoms with E-state index in [0.717, 1.165) is 0 Å². The highest BCUT2D eigenvalue weighted by molar-refractivity contribution is 9.09. The van der Waals surface area contributed by atoms with Gasteiger partial charge in [-0.15, -0.1) is 0 Å². The van der Waals surface area contributed by atoms with Crippen LogP contribution in [-0.4, -0.2) is 39.2 Å². The van der Waals surface area contributed by atoms with Crippen LogP contribution in [0.4, 0.5) is 0 Å². The lowest BCUT2D eigenvalue weighted by Gasteiger charge is -2.11. The van der Waals surface area contributed by atoms with Gasteiger partial charge in [0.15, 0.2) is 11.5 Å². The van der Waals surface area contributed by atoms with Gasteiger partial charge >= 0.3 is 0 Å². The van der Waals surface area contributed by atoms with Crippen LogP contribution in [0.3, 0.4) is 0 Å². The number of alkyl halides is 1. The van der Waals surface area contributed by atoms with Crippen LogP contribution in [0.25, 0.3) is 0 Å². The SMILES string of the molecule is [B]C(/C(O)=C(/O)C(C)O)=C(\O)C(C)Br. The first-order valence-electron chi connectivity index (χ1n) is 3.92. The number of rotatable bonds is 3. The van der Waals surface area contributed by atoms with E-state index in [1.807, 2.05) is 0 Å². The molecule has 2 radical (unpaired) electrons. The van der Waals surface area contributed by atoms with Crippen molar-refractivity contribution in [2.45, 2.75) is 24.8 Å². The fraction of sp³-hybridized carbons (Fsp3) is 0.500. The summed E-state index contributed by atoms with van der Waals surface area (Å²) in [4.78, 5) is -0.452. The second kappa shape index (κ2) is 5.31. The number of hydrogen-bond donors (Lipinski definition) is 4. The van der Waals surface area contributed by atoms with Crippen molar-refractivity contribution in [2.24, 2.45) is 0 Å². The monoisotopic (exact) mass is 262 g/mol. The highest BCUT2D eigenvalue weighted by Crippen LogP contribution is 2.18. The summed E-state index contributed by atoms with van der Waals surface area (Å²) in [5, 5.41) is 36.7. The molecule has 0 aliphatic heterocycles. The molecule has 0 aromatic rings. The summed E-state index contributed by atoms with van der Waals surface area (Å²) in [7, 11) is 5.32. The maximum atomic E-state index is 9.32. The van der Waals surface area contributed by atoms with E-state index in [4.69, 9.17) is 18.1 Å². The van der Waals surface area contributed by atoms with Crippen LogP contribution in [0.15, 0.2) is 22.7 Å². The molecule has 4 nitrogen and oxygen atoms in total. The number of allylic oxidation sites excluding steroid dienone is 2. The first-order valence-corrected chi connectivity index (χ1v) is 4.83. The zero-order valence-corrected chi connectivity index (χ0v) is 9.48. The van der Waals surface area contributed by atoms with Gasteiger partial charge in [0.2, 0.25) is 0 Å². The third-order valence-electron chi connectivity index (χ3n) is 1.55. The molecule has 2 unspecified atom stereocenters. The van der Waals surface area contributed by atoms with Gasteiger partial charge in [-0.25, -0.2) is 0 Å². The molecule has 0 bridgehead atoms. The lowest BCUT2D eigenvalue weighted by atomic mass is 9.90. The van der Waals surface area contributed by atoms with Crippen molar-refractivity contribution in [3.8, 4) is 0 Å². The first-order chi connectivity index (χ1) is 6.29. The van der Waals surface area contributed by atoms with E-state index in [1.54, 1.807) is 6.92 Å². The Morgan fingerprint density at radius 2 is 1.57 bits per heavy atom. The summed E-state index contributed by atoms with van der Waals surface area (Å²) in [5.41, 5.74) is -0.368. The molecule has 2 atom stereocenters. The van der Waals surface area contributed by atoms with E-state index in [1.165, 1.54) is 6.92 Å². The molecule has 0 aromatic carbocycles. The maximum Gasteiger partial charge on any atom is 0.162 e. The van der Waals surface area contributed by atoms with E-state index in [0.29, 0.717) is 0 Å². The van der Waals surface area contributed by atoms with Crippen molar-refractivity contribution in [2.75, 3.05) is 0 Å². The van der Waals surface area contributed by atoms with Crippen molar-refractivity contribution in [1.29, 1.82) is 0 Å². The normalized spacial score (nSPS) is 19.4. The number of aliphatic hydroxyl groups excluding tert-OH is 4. The lowest BCUT2D eigenvalue weighted by molar-refractivity contribution is 0.156. The second-order valence-corrected chi connectivity index (χ2v) is 4.20. The summed E-state index contributed by atoms with van der Waals surface area (Å²) in [6.07, 6.45) is -1.24. The molecule has 4 N–H and O–H groups in total. The summed E-state index contributed by atoms with van der Waals surface area (Å²) in [6.45, 7) is 2.85. The minimum absolute atomic E-state index is 0.310. The van der Waals surface area contributed by atoms with Gasteiger partial charge in [0.25, 0.3) is 0 Å². The summed E-state index contributed by atoms with van der Waals surface area (Å²) >= 11 is 3.03. The van der Waals surface area contributed by atoms with Crippen molar-refractivity contribution in [3.05, 3.63) is 22.7 Å². The molecule has 0 aliphatic rings. The zero-order chi connectivity index (χ0) is 11.5. The molecule has 0 amide bonds. The molecule has 0 aromatic heterocycles. The van der Waals surface area contributed by atoms with Crippen LogP contribution in [0.5, 0.6) is 0 Å². The largest absolute Gasteiger partial charge is 0.512 e. The Morgan fingerprint density at radius 3 is 1.86 bits per heavy atom. The van der Waals surface area contributed by atoms with Crippen molar-refractivity contribution >= 4 is 23.8 Å². The Balaban J connectivity index is 5.14. The van der Waals surface area contributed by atoms with Gasteiger partial charge in [-0.2, -0.15) is 0 Å². The Labute approximate surface area is 92.1 Å². The Morgan fingerprint density at radius 1 is 1.14 bits per heavy atom. The highest BCUT2D eigenvalue weighted by atomic mass is 79.9. The summed E-state index contributed by atoms with van der Waals surface area (Å²) < 4.78 is 0. The van der Waals surface area contributed by atoms with Crippen LogP contribution in [0, 0.1) is 0 Å². The third kappa shape index (κ3) is 3.27. The standard InChI is InChI=1S/C8H12BBrO4/c1-3(10)6(12)5(9)8(14)7(13)4(2)11/h3-4,11-14H,1-2H3/b6-5-,8-7-. The average Bonchev–Trinajstić information content (AvgIpc) is 2.12. The van der Waals surface area contributed by atoms with Crippen molar-refractivity contribution in [3.63, 3.8) is 0 Å². The van der Waals surface area contributed by atoms with Gasteiger partial charge in [-0.05, 0) is 19.3 Å². The molecule has 78 valence electrons. The van der Waals surface area contributed by atoms with Crippen LogP contribution in [-0.2, 0) is 0 Å². The van der Waals surface area contributed by atoms with Crippen LogP contribution >= 0.6 is 15.9 Å². The fourth-order valence-corrected chi connectivity index (χ4v) is 0.918. The first kappa shape index (κ1) is 13.4. The lowest BCUT2D eigenvalue weighted by Crippen LogP contribution is -2.11. The molecular formula is C8H12BBrO4. The maximum absolute atomic E-state index is 9.32. The van der Waals surface area contributed by atoms with Crippen molar-refractivity contribution in [1.82, 2.24) is 0 Å². The molecular weight excluding hydrogens is 251 g/mol. The third-order valence-corrected chi connectivity index (χ3v) is 1.98. The molecule has 6 heteroatoms. The van der Waals surface area contributed by atoms with E-state index in [9.17, 15) is 10.2 Å². The summed E-state index contributed by atoms with van der Waals surface area (Å²) in [5.74, 6) is -1.71. The molecule has 0 saturated carbocycles. The molecule has 0 rings (SSSR count). The van der Waals surface area contributed by atoms with E-state index >= 15 is 0 Å². The van der Waals surface area contributed by atoms with Gasteiger partial charge < -0.3 is 20.4 Å². The van der Waals surface area contributed by atoms with E-state index in [2.05, 4.69) is 15.9 Å². The number of aliphatic hydroxyl groups is 4. The van der Waals surface area contributed by atoms with Crippen LogP contribution in [0.1, 0.15) is 13.8 Å². The van der Waals surface area contributed by atoms with Crippen LogP contribution in [0.2, 0.25) is 0 Å². The molecule has 0 aliphatic carbocycles. The Bertz CT molecular complexity index is 243. The highest BCUT2D eigenvalue weighted by Gasteiger charge is 2.15. The fourth-order valence-electron chi connectivity index (χ4n) is 0.671. The summed E-state index contributed by atoms with van der Waals surface area (Å²) in [6, 6.07) is 0. The van der Waals surface area contributed by atoms with Gasteiger partial charge in [0, 0.05) is 0 Å². The van der Waals surface area contributed by atoms with Crippen molar-refractivity contribution < 1.29 is 20.4 Å². The van der Waals surface area contributed by atoms with Gasteiger partial charge in [0.1, 0.15) is 19.7 Å². The Hall–Kier alpha value is -0.615. The number of hydrogen-bond acceptors (Lipinski definition) is 4. The molecule has 0 spiro atoms. The molecule has 0 saturated heterocycles. The number of halogens is 1. The molecule has 0 heterocycles. The van der Waals surface area contributed by atoms with E-state index < -0.39 is 22.4 Å². The predicted octanol–water partition coefficient (Wildman–Crippen LogP) is 1.42. The van der Waals surface area contributed by atoms with Gasteiger partial charge in [-0.3, -0.25) is 0 Å².